The van der Waals surface area contributed by atoms with Crippen molar-refractivity contribution in [2.75, 3.05) is 5.73 Å². The molecule has 2 N–H and O–H groups in total. The molecule has 0 atom stereocenters. The molecule has 3 nitrogen and oxygen atoms in total. The van der Waals surface area contributed by atoms with E-state index in [-0.39, 0.29) is 0 Å². The first-order valence-corrected chi connectivity index (χ1v) is 5.49. The van der Waals surface area contributed by atoms with Gasteiger partial charge in [0.05, 0.1) is 6.20 Å². The summed E-state index contributed by atoms with van der Waals surface area (Å²) in [6.07, 6.45) is 3.95. The minimum atomic E-state index is 0.384. The van der Waals surface area contributed by atoms with Crippen LogP contribution in [0, 0.1) is 6.92 Å². The molecule has 0 spiro atoms. The van der Waals surface area contributed by atoms with Crippen LogP contribution in [0.5, 0.6) is 0 Å². The zero-order valence-electron chi connectivity index (χ0n) is 9.94. The summed E-state index contributed by atoms with van der Waals surface area (Å²) < 4.78 is 1.96. The Kier molecular flexibility index (Phi) is 2.69. The predicted octanol–water partition coefficient (Wildman–Crippen LogP) is 3.02. The number of rotatable bonds is 2. The number of anilines is 1. The van der Waals surface area contributed by atoms with Crippen LogP contribution >= 0.6 is 0 Å². The van der Waals surface area contributed by atoms with Crippen LogP contribution in [0.3, 0.4) is 0 Å². The normalized spacial score (nSPS) is 11.0. The molecule has 0 aliphatic carbocycles. The Balaban J connectivity index is 2.47. The van der Waals surface area contributed by atoms with Gasteiger partial charge in [-0.1, -0.05) is 12.1 Å². The molecule has 0 saturated carbocycles. The van der Waals surface area contributed by atoms with E-state index >= 15 is 0 Å². The molecular formula is C13H17N3. The van der Waals surface area contributed by atoms with Crippen molar-refractivity contribution in [1.29, 1.82) is 0 Å². The second kappa shape index (κ2) is 4.00. The van der Waals surface area contributed by atoms with Crippen LogP contribution in [0.2, 0.25) is 0 Å². The third-order valence-corrected chi connectivity index (χ3v) is 2.82. The Morgan fingerprint density at radius 2 is 2.06 bits per heavy atom. The lowest BCUT2D eigenvalue weighted by Crippen LogP contribution is -1.99. The molecule has 0 unspecified atom stereocenters. The lowest BCUT2D eigenvalue weighted by atomic mass is 10.0. The van der Waals surface area contributed by atoms with Gasteiger partial charge in [0.2, 0.25) is 0 Å². The van der Waals surface area contributed by atoms with Gasteiger partial charge in [0.15, 0.2) is 0 Å². The molecule has 1 heterocycles. The van der Waals surface area contributed by atoms with Gasteiger partial charge < -0.3 is 5.73 Å². The zero-order valence-corrected chi connectivity index (χ0v) is 9.94. The minimum absolute atomic E-state index is 0.384. The zero-order chi connectivity index (χ0) is 11.7. The number of nitrogens with two attached hydrogens (primary N) is 1. The van der Waals surface area contributed by atoms with Crippen molar-refractivity contribution in [3.63, 3.8) is 0 Å². The van der Waals surface area contributed by atoms with Crippen LogP contribution in [0.1, 0.15) is 25.5 Å². The summed E-state index contributed by atoms with van der Waals surface area (Å²) in [5.74, 6) is 0. The summed E-state index contributed by atoms with van der Waals surface area (Å²) in [5.41, 5.74) is 10.1. The fraction of sp³-hybridized carbons (Fsp3) is 0.308. The molecule has 0 radical (unpaired) electrons. The van der Waals surface area contributed by atoms with Crippen LogP contribution in [-0.4, -0.2) is 9.78 Å². The number of hydrogen-bond acceptors (Lipinski definition) is 2. The van der Waals surface area contributed by atoms with Crippen molar-refractivity contribution in [2.24, 2.45) is 0 Å². The molecule has 0 bridgehead atoms. The third kappa shape index (κ3) is 1.81. The first-order valence-electron chi connectivity index (χ1n) is 5.49. The molecule has 1 aromatic carbocycles. The molecule has 3 heteroatoms. The lowest BCUT2D eigenvalue weighted by Gasteiger charge is -2.06. The van der Waals surface area contributed by atoms with Gasteiger partial charge in [-0.05, 0) is 38.0 Å². The van der Waals surface area contributed by atoms with Crippen molar-refractivity contribution in [3.05, 3.63) is 36.2 Å². The van der Waals surface area contributed by atoms with E-state index in [1.165, 1.54) is 0 Å². The van der Waals surface area contributed by atoms with Gasteiger partial charge >= 0.3 is 0 Å². The summed E-state index contributed by atoms with van der Waals surface area (Å²) in [6, 6.07) is 6.36. The van der Waals surface area contributed by atoms with Gasteiger partial charge in [-0.2, -0.15) is 5.10 Å². The highest BCUT2D eigenvalue weighted by molar-refractivity contribution is 5.71. The largest absolute Gasteiger partial charge is 0.398 e. The Labute approximate surface area is 95.9 Å². The summed E-state index contributed by atoms with van der Waals surface area (Å²) in [6.45, 7) is 6.27. The first kappa shape index (κ1) is 10.7. The van der Waals surface area contributed by atoms with Crippen molar-refractivity contribution in [2.45, 2.75) is 26.8 Å². The Morgan fingerprint density at radius 3 is 2.69 bits per heavy atom. The van der Waals surface area contributed by atoms with E-state index in [0.717, 1.165) is 22.4 Å². The maximum atomic E-state index is 5.90. The highest BCUT2D eigenvalue weighted by Gasteiger charge is 2.07. The number of benzene rings is 1. The van der Waals surface area contributed by atoms with Crippen molar-refractivity contribution < 1.29 is 0 Å². The Bertz CT molecular complexity index is 498. The molecule has 0 aliphatic heterocycles. The fourth-order valence-electron chi connectivity index (χ4n) is 1.73. The summed E-state index contributed by atoms with van der Waals surface area (Å²) >= 11 is 0. The average molecular weight is 215 g/mol. The van der Waals surface area contributed by atoms with E-state index in [2.05, 4.69) is 31.2 Å². The standard InChI is InChI=1S/C13H17N3/c1-9(2)16-8-11(7-15-16)12-5-4-6-13(14)10(12)3/h4-9H,14H2,1-3H3. The molecule has 1 aromatic heterocycles. The van der Waals surface area contributed by atoms with E-state index in [4.69, 9.17) is 5.73 Å². The number of aromatic nitrogens is 2. The SMILES string of the molecule is Cc1c(N)cccc1-c1cnn(C(C)C)c1. The topological polar surface area (TPSA) is 43.8 Å². The Hall–Kier alpha value is -1.77. The van der Waals surface area contributed by atoms with Gasteiger partial charge in [-0.3, -0.25) is 4.68 Å². The molecule has 0 amide bonds. The Morgan fingerprint density at radius 1 is 1.31 bits per heavy atom. The number of nitrogen functional groups attached to an aromatic ring is 1. The lowest BCUT2D eigenvalue weighted by molar-refractivity contribution is 0.532. The highest BCUT2D eigenvalue weighted by Crippen LogP contribution is 2.26. The third-order valence-electron chi connectivity index (χ3n) is 2.82. The molecule has 16 heavy (non-hydrogen) atoms. The molecule has 0 saturated heterocycles. The molecular weight excluding hydrogens is 198 g/mol. The van der Waals surface area contributed by atoms with E-state index in [1.807, 2.05) is 29.9 Å². The van der Waals surface area contributed by atoms with Crippen molar-refractivity contribution >= 4 is 5.69 Å². The van der Waals surface area contributed by atoms with Crippen LogP contribution in [0.4, 0.5) is 5.69 Å². The maximum absolute atomic E-state index is 5.90. The maximum Gasteiger partial charge on any atom is 0.0568 e. The summed E-state index contributed by atoms with van der Waals surface area (Å²) in [7, 11) is 0. The predicted molar refractivity (Wildman–Crippen MR) is 67.2 cm³/mol. The van der Waals surface area contributed by atoms with Gasteiger partial charge in [0, 0.05) is 23.5 Å². The molecule has 0 aliphatic rings. The molecule has 2 aromatic rings. The quantitative estimate of drug-likeness (QED) is 0.782. The number of nitrogens with zero attached hydrogens (tertiary/aromatic N) is 2. The van der Waals surface area contributed by atoms with E-state index in [1.54, 1.807) is 0 Å². The van der Waals surface area contributed by atoms with Crippen LogP contribution in [-0.2, 0) is 0 Å². The highest BCUT2D eigenvalue weighted by atomic mass is 15.3. The van der Waals surface area contributed by atoms with Gasteiger partial charge in [0.1, 0.15) is 0 Å². The first-order chi connectivity index (χ1) is 7.59. The van der Waals surface area contributed by atoms with E-state index in [0.29, 0.717) is 6.04 Å². The van der Waals surface area contributed by atoms with Crippen molar-refractivity contribution in [1.82, 2.24) is 9.78 Å². The second-order valence-electron chi connectivity index (χ2n) is 4.32. The van der Waals surface area contributed by atoms with E-state index in [9.17, 15) is 0 Å². The number of hydrogen-bond donors (Lipinski definition) is 1. The van der Waals surface area contributed by atoms with Gasteiger partial charge in [-0.15, -0.1) is 0 Å². The molecule has 84 valence electrons. The van der Waals surface area contributed by atoms with Crippen LogP contribution < -0.4 is 5.73 Å². The van der Waals surface area contributed by atoms with Crippen LogP contribution in [0.15, 0.2) is 30.6 Å². The fourth-order valence-corrected chi connectivity index (χ4v) is 1.73. The monoisotopic (exact) mass is 215 g/mol. The molecule has 0 fully saturated rings. The molecule has 2 rings (SSSR count). The summed E-state index contributed by atoms with van der Waals surface area (Å²) in [4.78, 5) is 0. The average Bonchev–Trinajstić information content (AvgIpc) is 2.71. The van der Waals surface area contributed by atoms with E-state index < -0.39 is 0 Å². The smallest absolute Gasteiger partial charge is 0.0568 e. The van der Waals surface area contributed by atoms with Crippen molar-refractivity contribution in [3.8, 4) is 11.1 Å². The minimum Gasteiger partial charge on any atom is -0.398 e. The second-order valence-corrected chi connectivity index (χ2v) is 4.32. The van der Waals surface area contributed by atoms with Crippen LogP contribution in [0.25, 0.3) is 11.1 Å². The van der Waals surface area contributed by atoms with Gasteiger partial charge in [0.25, 0.3) is 0 Å². The van der Waals surface area contributed by atoms with Gasteiger partial charge in [-0.25, -0.2) is 0 Å². The summed E-state index contributed by atoms with van der Waals surface area (Å²) in [5, 5.41) is 4.34.